The first-order chi connectivity index (χ1) is 10.5. The summed E-state index contributed by atoms with van der Waals surface area (Å²) in [4.78, 5) is 22.0. The van der Waals surface area contributed by atoms with Gasteiger partial charge in [-0.15, -0.1) is 0 Å². The van der Waals surface area contributed by atoms with Gasteiger partial charge in [0.15, 0.2) is 5.69 Å². The van der Waals surface area contributed by atoms with E-state index in [2.05, 4.69) is 16.0 Å². The first kappa shape index (κ1) is 15.9. The predicted molar refractivity (Wildman–Crippen MR) is 87.5 cm³/mol. The number of anilines is 1. The van der Waals surface area contributed by atoms with E-state index >= 15 is 0 Å². The summed E-state index contributed by atoms with van der Waals surface area (Å²) >= 11 is 0. The fraction of sp³-hybridized carbons (Fsp3) is 0.353. The van der Waals surface area contributed by atoms with E-state index in [4.69, 9.17) is 0 Å². The molecule has 2 aromatic rings. The van der Waals surface area contributed by atoms with Crippen molar-refractivity contribution in [2.45, 2.75) is 27.7 Å². The highest BCUT2D eigenvalue weighted by Crippen LogP contribution is 2.25. The van der Waals surface area contributed by atoms with Gasteiger partial charge in [-0.1, -0.05) is 23.8 Å². The molecule has 0 saturated heterocycles. The standard InChI is InChI=1S/C17H21N3O2/c1-5-20(6-2)17-18-14(10-15(19-17)16(21)22)13-8-7-11(3)9-12(13)4/h7-10H,5-6H2,1-4H3,(H,21,22). The lowest BCUT2D eigenvalue weighted by Gasteiger charge is -2.19. The Hall–Kier alpha value is -2.43. The number of rotatable bonds is 5. The largest absolute Gasteiger partial charge is 0.477 e. The molecule has 0 unspecified atom stereocenters. The van der Waals surface area contributed by atoms with E-state index in [1.807, 2.05) is 44.7 Å². The Kier molecular flexibility index (Phi) is 4.75. The van der Waals surface area contributed by atoms with E-state index in [-0.39, 0.29) is 5.69 Å². The number of carboxylic acid groups (broad SMARTS) is 1. The number of carboxylic acids is 1. The molecule has 0 spiro atoms. The van der Waals surface area contributed by atoms with Crippen LogP contribution in [0.3, 0.4) is 0 Å². The average molecular weight is 299 g/mol. The molecule has 1 heterocycles. The van der Waals surface area contributed by atoms with Crippen LogP contribution in [0.25, 0.3) is 11.3 Å². The van der Waals surface area contributed by atoms with Crippen molar-refractivity contribution in [3.05, 3.63) is 41.1 Å². The fourth-order valence-corrected chi connectivity index (χ4v) is 2.43. The Balaban J connectivity index is 2.62. The zero-order chi connectivity index (χ0) is 16.3. The topological polar surface area (TPSA) is 66.3 Å². The lowest BCUT2D eigenvalue weighted by molar-refractivity contribution is 0.0690. The van der Waals surface area contributed by atoms with E-state index in [9.17, 15) is 9.90 Å². The molecule has 0 aliphatic heterocycles. The van der Waals surface area contributed by atoms with E-state index in [1.54, 1.807) is 0 Å². The fourth-order valence-electron chi connectivity index (χ4n) is 2.43. The van der Waals surface area contributed by atoms with Gasteiger partial charge in [-0.05, 0) is 39.3 Å². The van der Waals surface area contributed by atoms with Crippen molar-refractivity contribution in [3.63, 3.8) is 0 Å². The minimum atomic E-state index is -1.04. The number of hydrogen-bond acceptors (Lipinski definition) is 4. The van der Waals surface area contributed by atoms with E-state index in [0.29, 0.717) is 11.6 Å². The number of aromatic carboxylic acids is 1. The van der Waals surface area contributed by atoms with Crippen LogP contribution in [0.15, 0.2) is 24.3 Å². The van der Waals surface area contributed by atoms with Gasteiger partial charge in [-0.25, -0.2) is 14.8 Å². The van der Waals surface area contributed by atoms with Gasteiger partial charge in [0.05, 0.1) is 5.69 Å². The molecule has 0 amide bonds. The highest BCUT2D eigenvalue weighted by molar-refractivity contribution is 5.87. The summed E-state index contributed by atoms with van der Waals surface area (Å²) in [5.41, 5.74) is 3.83. The Morgan fingerprint density at radius 3 is 2.36 bits per heavy atom. The summed E-state index contributed by atoms with van der Waals surface area (Å²) in [5, 5.41) is 9.31. The third-order valence-electron chi connectivity index (χ3n) is 3.64. The van der Waals surface area contributed by atoms with Crippen LogP contribution in [0, 0.1) is 13.8 Å². The summed E-state index contributed by atoms with van der Waals surface area (Å²) in [6, 6.07) is 7.58. The van der Waals surface area contributed by atoms with Gasteiger partial charge >= 0.3 is 5.97 Å². The van der Waals surface area contributed by atoms with Crippen molar-refractivity contribution in [1.29, 1.82) is 0 Å². The number of aromatic nitrogens is 2. The number of benzene rings is 1. The Morgan fingerprint density at radius 2 is 1.82 bits per heavy atom. The lowest BCUT2D eigenvalue weighted by atomic mass is 10.0. The van der Waals surface area contributed by atoms with Crippen LogP contribution in [0.5, 0.6) is 0 Å². The lowest BCUT2D eigenvalue weighted by Crippen LogP contribution is -2.25. The molecule has 0 bridgehead atoms. The van der Waals surface area contributed by atoms with Crippen LogP contribution in [-0.4, -0.2) is 34.1 Å². The van der Waals surface area contributed by atoms with E-state index in [0.717, 1.165) is 29.8 Å². The van der Waals surface area contributed by atoms with Crippen LogP contribution in [-0.2, 0) is 0 Å². The molecule has 0 fully saturated rings. The van der Waals surface area contributed by atoms with Crippen LogP contribution in [0.4, 0.5) is 5.95 Å². The first-order valence-electron chi connectivity index (χ1n) is 7.41. The van der Waals surface area contributed by atoms with Gasteiger partial charge in [0, 0.05) is 18.7 Å². The molecular weight excluding hydrogens is 278 g/mol. The molecule has 0 saturated carbocycles. The zero-order valence-electron chi connectivity index (χ0n) is 13.4. The van der Waals surface area contributed by atoms with Crippen LogP contribution in [0.1, 0.15) is 35.5 Å². The number of carbonyl (C=O) groups is 1. The smallest absolute Gasteiger partial charge is 0.354 e. The average Bonchev–Trinajstić information content (AvgIpc) is 2.48. The normalized spacial score (nSPS) is 10.5. The van der Waals surface area contributed by atoms with Crippen LogP contribution < -0.4 is 4.90 Å². The van der Waals surface area contributed by atoms with Crippen LogP contribution in [0.2, 0.25) is 0 Å². The highest BCUT2D eigenvalue weighted by atomic mass is 16.4. The van der Waals surface area contributed by atoms with Gasteiger partial charge in [0.1, 0.15) is 0 Å². The SMILES string of the molecule is CCN(CC)c1nc(C(=O)O)cc(-c2ccc(C)cc2C)n1. The third kappa shape index (κ3) is 3.24. The number of hydrogen-bond donors (Lipinski definition) is 1. The van der Waals surface area contributed by atoms with Crippen molar-refractivity contribution in [2.24, 2.45) is 0 Å². The maximum absolute atomic E-state index is 11.4. The Morgan fingerprint density at radius 1 is 1.14 bits per heavy atom. The number of nitrogens with zero attached hydrogens (tertiary/aromatic N) is 3. The van der Waals surface area contributed by atoms with Crippen molar-refractivity contribution in [3.8, 4) is 11.3 Å². The molecule has 0 aliphatic carbocycles. The molecule has 1 aromatic heterocycles. The van der Waals surface area contributed by atoms with Crippen molar-refractivity contribution in [2.75, 3.05) is 18.0 Å². The number of aryl methyl sites for hydroxylation is 2. The molecule has 0 radical (unpaired) electrons. The van der Waals surface area contributed by atoms with Gasteiger partial charge in [-0.3, -0.25) is 0 Å². The summed E-state index contributed by atoms with van der Waals surface area (Å²) in [6.45, 7) is 9.48. The van der Waals surface area contributed by atoms with Gasteiger partial charge in [0.2, 0.25) is 5.95 Å². The molecule has 5 heteroatoms. The first-order valence-corrected chi connectivity index (χ1v) is 7.41. The Bertz CT molecular complexity index is 694. The molecule has 116 valence electrons. The monoisotopic (exact) mass is 299 g/mol. The molecule has 0 atom stereocenters. The maximum atomic E-state index is 11.4. The second-order valence-electron chi connectivity index (χ2n) is 5.23. The second-order valence-corrected chi connectivity index (χ2v) is 5.23. The summed E-state index contributed by atoms with van der Waals surface area (Å²) in [7, 11) is 0. The molecular formula is C17H21N3O2. The minimum absolute atomic E-state index is 0.0203. The van der Waals surface area contributed by atoms with Crippen molar-refractivity contribution >= 4 is 11.9 Å². The molecule has 1 N–H and O–H groups in total. The van der Waals surface area contributed by atoms with Gasteiger partial charge < -0.3 is 10.0 Å². The summed E-state index contributed by atoms with van der Waals surface area (Å²) in [5.74, 6) is -0.582. The quantitative estimate of drug-likeness (QED) is 0.917. The van der Waals surface area contributed by atoms with E-state index < -0.39 is 5.97 Å². The van der Waals surface area contributed by atoms with Gasteiger partial charge in [0.25, 0.3) is 0 Å². The molecule has 22 heavy (non-hydrogen) atoms. The molecule has 2 rings (SSSR count). The minimum Gasteiger partial charge on any atom is -0.477 e. The maximum Gasteiger partial charge on any atom is 0.354 e. The van der Waals surface area contributed by atoms with Crippen molar-refractivity contribution in [1.82, 2.24) is 9.97 Å². The summed E-state index contributed by atoms with van der Waals surface area (Å²) in [6.07, 6.45) is 0. The van der Waals surface area contributed by atoms with Crippen LogP contribution >= 0.6 is 0 Å². The summed E-state index contributed by atoms with van der Waals surface area (Å²) < 4.78 is 0. The van der Waals surface area contributed by atoms with Crippen molar-refractivity contribution < 1.29 is 9.90 Å². The van der Waals surface area contributed by atoms with E-state index in [1.165, 1.54) is 6.07 Å². The predicted octanol–water partition coefficient (Wildman–Crippen LogP) is 3.30. The second kappa shape index (κ2) is 6.56. The third-order valence-corrected chi connectivity index (χ3v) is 3.64. The highest BCUT2D eigenvalue weighted by Gasteiger charge is 2.15. The molecule has 1 aromatic carbocycles. The Labute approximate surface area is 130 Å². The zero-order valence-corrected chi connectivity index (χ0v) is 13.4. The van der Waals surface area contributed by atoms with Gasteiger partial charge in [-0.2, -0.15) is 0 Å². The molecule has 0 aliphatic rings. The molecule has 5 nitrogen and oxygen atoms in total.